The van der Waals surface area contributed by atoms with Gasteiger partial charge in [-0.3, -0.25) is 14.3 Å². The van der Waals surface area contributed by atoms with Gasteiger partial charge >= 0.3 is 0 Å². The first kappa shape index (κ1) is 24.0. The molecular weight excluding hydrogens is 462 g/mol. The largest absolute Gasteiger partial charge is 0.322 e. The molecular formula is C27H25N3O4S. The molecule has 1 aromatic heterocycles. The number of nitrogens with zero attached hydrogens (tertiary/aromatic N) is 1. The van der Waals surface area contributed by atoms with E-state index >= 15 is 0 Å². The number of hydrogen-bond acceptors (Lipinski definition) is 4. The summed E-state index contributed by atoms with van der Waals surface area (Å²) in [7, 11) is -3.90. The van der Waals surface area contributed by atoms with Crippen LogP contribution in [0.3, 0.4) is 0 Å². The molecule has 4 aromatic rings. The molecule has 1 amide bonds. The Labute approximate surface area is 204 Å². The molecule has 0 fully saturated rings. The standard InChI is InChI=1S/C27H25N3O4S/c1-19-8-6-11-23(16-19)29-35(33,34)25-17-22(14-13-20(25)2)28-26(31)24-12-7-15-30(27(24)32)18-21-9-4-3-5-10-21/h3-17,29H,18H2,1-2H3,(H,28,31). The third-order valence-electron chi connectivity index (χ3n) is 5.47. The topological polar surface area (TPSA) is 97.3 Å². The van der Waals surface area contributed by atoms with Crippen molar-refractivity contribution in [1.29, 1.82) is 0 Å². The normalized spacial score (nSPS) is 11.1. The number of pyridine rings is 1. The molecule has 0 radical (unpaired) electrons. The molecule has 3 aromatic carbocycles. The zero-order valence-electron chi connectivity index (χ0n) is 19.4. The fourth-order valence-electron chi connectivity index (χ4n) is 3.70. The van der Waals surface area contributed by atoms with E-state index in [0.717, 1.165) is 11.1 Å². The summed E-state index contributed by atoms with van der Waals surface area (Å²) in [6, 6.07) is 24.2. The maximum absolute atomic E-state index is 13.0. The van der Waals surface area contributed by atoms with Crippen LogP contribution in [0, 0.1) is 13.8 Å². The van der Waals surface area contributed by atoms with Crippen molar-refractivity contribution in [2.75, 3.05) is 10.0 Å². The number of aromatic nitrogens is 1. The molecule has 2 N–H and O–H groups in total. The molecule has 0 saturated heterocycles. The molecule has 35 heavy (non-hydrogen) atoms. The number of nitrogens with one attached hydrogen (secondary N) is 2. The van der Waals surface area contributed by atoms with Gasteiger partial charge in [-0.25, -0.2) is 8.42 Å². The number of anilines is 2. The summed E-state index contributed by atoms with van der Waals surface area (Å²) in [5, 5.41) is 2.66. The van der Waals surface area contributed by atoms with E-state index in [-0.39, 0.29) is 16.1 Å². The molecule has 0 aliphatic rings. The van der Waals surface area contributed by atoms with Crippen molar-refractivity contribution in [2.45, 2.75) is 25.3 Å². The highest BCUT2D eigenvalue weighted by Gasteiger charge is 2.19. The molecule has 0 atom stereocenters. The highest BCUT2D eigenvalue weighted by Crippen LogP contribution is 2.23. The minimum Gasteiger partial charge on any atom is -0.322 e. The molecule has 178 valence electrons. The number of hydrogen-bond donors (Lipinski definition) is 2. The van der Waals surface area contributed by atoms with E-state index in [0.29, 0.717) is 17.8 Å². The lowest BCUT2D eigenvalue weighted by molar-refractivity contribution is 0.102. The van der Waals surface area contributed by atoms with Gasteiger partial charge in [0, 0.05) is 17.6 Å². The second-order valence-corrected chi connectivity index (χ2v) is 9.90. The third kappa shape index (κ3) is 5.67. The second-order valence-electron chi connectivity index (χ2n) is 8.25. The fourth-order valence-corrected chi connectivity index (χ4v) is 5.02. The summed E-state index contributed by atoms with van der Waals surface area (Å²) >= 11 is 0. The van der Waals surface area contributed by atoms with Gasteiger partial charge < -0.3 is 9.88 Å². The van der Waals surface area contributed by atoms with Crippen LogP contribution in [-0.4, -0.2) is 18.9 Å². The maximum atomic E-state index is 13.0. The maximum Gasteiger partial charge on any atom is 0.263 e. The van der Waals surface area contributed by atoms with Gasteiger partial charge in [0.2, 0.25) is 0 Å². The fraction of sp³-hybridized carbons (Fsp3) is 0.111. The Morgan fingerprint density at radius 1 is 0.857 bits per heavy atom. The Balaban J connectivity index is 1.57. The lowest BCUT2D eigenvalue weighted by Crippen LogP contribution is -2.29. The molecule has 7 nitrogen and oxygen atoms in total. The lowest BCUT2D eigenvalue weighted by atomic mass is 10.2. The summed E-state index contributed by atoms with van der Waals surface area (Å²) in [4.78, 5) is 25.9. The molecule has 8 heteroatoms. The van der Waals surface area contributed by atoms with Crippen LogP contribution in [0.15, 0.2) is 101 Å². The van der Waals surface area contributed by atoms with Crippen LogP contribution in [0.2, 0.25) is 0 Å². The molecule has 0 aliphatic heterocycles. The Morgan fingerprint density at radius 3 is 2.37 bits per heavy atom. The van der Waals surface area contributed by atoms with E-state index in [1.807, 2.05) is 43.3 Å². The number of sulfonamides is 1. The van der Waals surface area contributed by atoms with Gasteiger partial charge in [-0.05, 0) is 66.9 Å². The zero-order chi connectivity index (χ0) is 25.0. The van der Waals surface area contributed by atoms with Crippen LogP contribution in [0.1, 0.15) is 27.0 Å². The quantitative estimate of drug-likeness (QED) is 0.399. The molecule has 4 rings (SSSR count). The Morgan fingerprint density at radius 2 is 1.63 bits per heavy atom. The number of benzene rings is 3. The van der Waals surface area contributed by atoms with Crippen LogP contribution in [0.5, 0.6) is 0 Å². The van der Waals surface area contributed by atoms with Crippen LogP contribution < -0.4 is 15.6 Å². The Bertz CT molecular complexity index is 1540. The minimum absolute atomic E-state index is 0.0337. The molecule has 0 saturated carbocycles. The Kier molecular flexibility index (Phi) is 6.84. The molecule has 1 heterocycles. The summed E-state index contributed by atoms with van der Waals surface area (Å²) in [5.41, 5.74) is 2.62. The summed E-state index contributed by atoms with van der Waals surface area (Å²) in [6.07, 6.45) is 1.62. The van der Waals surface area contributed by atoms with E-state index in [1.165, 1.54) is 16.7 Å². The summed E-state index contributed by atoms with van der Waals surface area (Å²) in [5.74, 6) is -0.615. The highest BCUT2D eigenvalue weighted by atomic mass is 32.2. The van der Waals surface area contributed by atoms with Gasteiger partial charge in [-0.2, -0.15) is 0 Å². The van der Waals surface area contributed by atoms with Crippen molar-refractivity contribution < 1.29 is 13.2 Å². The van der Waals surface area contributed by atoms with E-state index < -0.39 is 21.5 Å². The minimum atomic E-state index is -3.90. The molecule has 0 aliphatic carbocycles. The van der Waals surface area contributed by atoms with Crippen molar-refractivity contribution in [3.63, 3.8) is 0 Å². The predicted molar refractivity (Wildman–Crippen MR) is 137 cm³/mol. The van der Waals surface area contributed by atoms with Crippen LogP contribution in [0.4, 0.5) is 11.4 Å². The van der Waals surface area contributed by atoms with Crippen LogP contribution >= 0.6 is 0 Å². The lowest BCUT2D eigenvalue weighted by Gasteiger charge is -2.13. The number of amides is 1. The SMILES string of the molecule is Cc1cccc(NS(=O)(=O)c2cc(NC(=O)c3cccn(Cc4ccccc4)c3=O)ccc2C)c1. The van der Waals surface area contributed by atoms with Gasteiger partial charge in [0.25, 0.3) is 21.5 Å². The molecule has 0 bridgehead atoms. The van der Waals surface area contributed by atoms with Gasteiger partial charge in [-0.1, -0.05) is 48.5 Å². The van der Waals surface area contributed by atoms with Crippen molar-refractivity contribution in [1.82, 2.24) is 4.57 Å². The predicted octanol–water partition coefficient (Wildman–Crippen LogP) is 4.57. The first-order chi connectivity index (χ1) is 16.7. The average molecular weight is 488 g/mol. The second kappa shape index (κ2) is 9.99. The van der Waals surface area contributed by atoms with Crippen molar-refractivity contribution in [2.24, 2.45) is 0 Å². The first-order valence-corrected chi connectivity index (χ1v) is 12.5. The van der Waals surface area contributed by atoms with E-state index in [4.69, 9.17) is 0 Å². The smallest absolute Gasteiger partial charge is 0.263 e. The van der Waals surface area contributed by atoms with Gasteiger partial charge in [0.1, 0.15) is 5.56 Å². The average Bonchev–Trinajstić information content (AvgIpc) is 2.82. The summed E-state index contributed by atoms with van der Waals surface area (Å²) < 4.78 is 30.1. The third-order valence-corrected chi connectivity index (χ3v) is 6.99. The van der Waals surface area contributed by atoms with Crippen molar-refractivity contribution in [3.05, 3.63) is 124 Å². The van der Waals surface area contributed by atoms with Gasteiger partial charge in [0.15, 0.2) is 0 Å². The number of carbonyl (C=O) groups is 1. The zero-order valence-corrected chi connectivity index (χ0v) is 20.2. The molecule has 0 spiro atoms. The number of aryl methyl sites for hydroxylation is 2. The monoisotopic (exact) mass is 487 g/mol. The Hall–Kier alpha value is -4.17. The van der Waals surface area contributed by atoms with E-state index in [2.05, 4.69) is 10.0 Å². The van der Waals surface area contributed by atoms with Gasteiger partial charge in [-0.15, -0.1) is 0 Å². The van der Waals surface area contributed by atoms with Crippen molar-refractivity contribution in [3.8, 4) is 0 Å². The first-order valence-electron chi connectivity index (χ1n) is 11.0. The number of carbonyl (C=O) groups excluding carboxylic acids is 1. The van der Waals surface area contributed by atoms with E-state index in [9.17, 15) is 18.0 Å². The van der Waals surface area contributed by atoms with Gasteiger partial charge in [0.05, 0.1) is 11.4 Å². The van der Waals surface area contributed by atoms with Crippen LogP contribution in [0.25, 0.3) is 0 Å². The van der Waals surface area contributed by atoms with E-state index in [1.54, 1.807) is 49.5 Å². The molecule has 0 unspecified atom stereocenters. The number of rotatable bonds is 7. The van der Waals surface area contributed by atoms with Crippen LogP contribution in [-0.2, 0) is 16.6 Å². The van der Waals surface area contributed by atoms with Crippen molar-refractivity contribution >= 4 is 27.3 Å². The summed E-state index contributed by atoms with van der Waals surface area (Å²) in [6.45, 7) is 3.88. The highest BCUT2D eigenvalue weighted by molar-refractivity contribution is 7.92.